The molecule has 0 N–H and O–H groups in total. The van der Waals surface area contributed by atoms with Crippen LogP contribution in [-0.4, -0.2) is 17.5 Å². The Kier molecular flexibility index (Phi) is 3.01. The van der Waals surface area contributed by atoms with Crippen LogP contribution in [0.15, 0.2) is 47.8 Å². The van der Waals surface area contributed by atoms with E-state index in [1.54, 1.807) is 6.07 Å². The van der Waals surface area contributed by atoms with Crippen LogP contribution in [0.2, 0.25) is 0 Å². The third kappa shape index (κ3) is 2.11. The lowest BCUT2D eigenvalue weighted by Gasteiger charge is -2.06. The van der Waals surface area contributed by atoms with E-state index in [1.807, 2.05) is 41.8 Å². The molecule has 3 nitrogen and oxygen atoms in total. The standard InChI is InChI=1S/C15H11NO2S/c1-18-15(17)11-5-6-12-10(9-11)3-2-4-13(12)14-7-8-19-16-14/h2-9H,1H3. The maximum atomic E-state index is 11.5. The molecular weight excluding hydrogens is 258 g/mol. The first-order valence-corrected chi connectivity index (χ1v) is 6.65. The number of methoxy groups -OCH3 is 1. The summed E-state index contributed by atoms with van der Waals surface area (Å²) >= 11 is 1.43. The Hall–Kier alpha value is -2.20. The van der Waals surface area contributed by atoms with Gasteiger partial charge in [0.1, 0.15) is 0 Å². The molecule has 0 bridgehead atoms. The van der Waals surface area contributed by atoms with Crippen LogP contribution in [0.1, 0.15) is 10.4 Å². The number of nitrogens with zero attached hydrogens (tertiary/aromatic N) is 1. The average Bonchev–Trinajstić information content (AvgIpc) is 2.99. The lowest BCUT2D eigenvalue weighted by Crippen LogP contribution is -2.00. The minimum Gasteiger partial charge on any atom is -0.465 e. The fraction of sp³-hybridized carbons (Fsp3) is 0.0667. The Bertz CT molecular complexity index is 735. The van der Waals surface area contributed by atoms with Gasteiger partial charge in [-0.1, -0.05) is 24.3 Å². The summed E-state index contributed by atoms with van der Waals surface area (Å²) in [4.78, 5) is 11.5. The smallest absolute Gasteiger partial charge is 0.337 e. The van der Waals surface area contributed by atoms with Gasteiger partial charge in [0.15, 0.2) is 0 Å². The van der Waals surface area contributed by atoms with Crippen molar-refractivity contribution in [2.24, 2.45) is 0 Å². The molecule has 4 heteroatoms. The number of carbonyl (C=O) groups excluding carboxylic acids is 1. The van der Waals surface area contributed by atoms with Gasteiger partial charge < -0.3 is 4.74 Å². The number of ether oxygens (including phenoxy) is 1. The Balaban J connectivity index is 2.20. The van der Waals surface area contributed by atoms with Gasteiger partial charge in [0.2, 0.25) is 0 Å². The predicted molar refractivity (Wildman–Crippen MR) is 76.4 cm³/mol. The summed E-state index contributed by atoms with van der Waals surface area (Å²) in [5.41, 5.74) is 2.60. The SMILES string of the molecule is COC(=O)c1ccc2c(-c3ccsn3)cccc2c1. The molecule has 0 fully saturated rings. The molecule has 0 spiro atoms. The Morgan fingerprint density at radius 1 is 1.21 bits per heavy atom. The zero-order valence-corrected chi connectivity index (χ0v) is 11.1. The molecule has 0 radical (unpaired) electrons. The van der Waals surface area contributed by atoms with Crippen molar-refractivity contribution in [1.82, 2.24) is 4.37 Å². The minimum absolute atomic E-state index is 0.319. The first-order chi connectivity index (χ1) is 9.29. The number of hydrogen-bond acceptors (Lipinski definition) is 4. The van der Waals surface area contributed by atoms with E-state index in [1.165, 1.54) is 18.6 Å². The number of hydrogen-bond donors (Lipinski definition) is 0. The summed E-state index contributed by atoms with van der Waals surface area (Å²) in [6, 6.07) is 13.6. The van der Waals surface area contributed by atoms with Crippen molar-refractivity contribution < 1.29 is 9.53 Å². The highest BCUT2D eigenvalue weighted by Gasteiger charge is 2.09. The normalized spacial score (nSPS) is 10.6. The van der Waals surface area contributed by atoms with E-state index < -0.39 is 0 Å². The molecule has 0 saturated carbocycles. The van der Waals surface area contributed by atoms with Gasteiger partial charge in [-0.15, -0.1) is 0 Å². The van der Waals surface area contributed by atoms with Crippen LogP contribution in [0.5, 0.6) is 0 Å². The highest BCUT2D eigenvalue weighted by molar-refractivity contribution is 7.03. The lowest BCUT2D eigenvalue weighted by atomic mass is 10.0. The Morgan fingerprint density at radius 2 is 2.11 bits per heavy atom. The number of fused-ring (bicyclic) bond motifs is 1. The second-order valence-electron chi connectivity index (χ2n) is 4.12. The molecular formula is C15H11NO2S. The van der Waals surface area contributed by atoms with Crippen molar-refractivity contribution in [1.29, 1.82) is 0 Å². The van der Waals surface area contributed by atoms with Crippen LogP contribution >= 0.6 is 11.5 Å². The fourth-order valence-corrected chi connectivity index (χ4v) is 2.63. The van der Waals surface area contributed by atoms with E-state index in [0.29, 0.717) is 5.56 Å². The van der Waals surface area contributed by atoms with Crippen LogP contribution in [0.3, 0.4) is 0 Å². The molecule has 0 aliphatic heterocycles. The molecule has 0 unspecified atom stereocenters. The van der Waals surface area contributed by atoms with Gasteiger partial charge in [-0.2, -0.15) is 4.37 Å². The molecule has 0 atom stereocenters. The Labute approximate surface area is 114 Å². The molecule has 0 aliphatic carbocycles. The van der Waals surface area contributed by atoms with Gasteiger partial charge in [-0.3, -0.25) is 0 Å². The maximum absolute atomic E-state index is 11.5. The van der Waals surface area contributed by atoms with E-state index in [2.05, 4.69) is 4.37 Å². The zero-order valence-electron chi connectivity index (χ0n) is 10.3. The highest BCUT2D eigenvalue weighted by atomic mass is 32.1. The molecule has 19 heavy (non-hydrogen) atoms. The van der Waals surface area contributed by atoms with Crippen molar-refractivity contribution in [3.63, 3.8) is 0 Å². The number of esters is 1. The number of rotatable bonds is 2. The van der Waals surface area contributed by atoms with Gasteiger partial charge in [0.25, 0.3) is 0 Å². The molecule has 94 valence electrons. The van der Waals surface area contributed by atoms with E-state index in [-0.39, 0.29) is 5.97 Å². The van der Waals surface area contributed by atoms with Crippen molar-refractivity contribution in [2.45, 2.75) is 0 Å². The minimum atomic E-state index is -0.319. The summed E-state index contributed by atoms with van der Waals surface area (Å²) in [6.07, 6.45) is 0. The maximum Gasteiger partial charge on any atom is 0.337 e. The molecule has 2 aromatic carbocycles. The summed E-state index contributed by atoms with van der Waals surface area (Å²) < 4.78 is 9.10. The highest BCUT2D eigenvalue weighted by Crippen LogP contribution is 2.28. The van der Waals surface area contributed by atoms with Crippen molar-refractivity contribution in [2.75, 3.05) is 7.11 Å². The molecule has 0 aliphatic rings. The topological polar surface area (TPSA) is 39.2 Å². The second-order valence-corrected chi connectivity index (χ2v) is 4.78. The first-order valence-electron chi connectivity index (χ1n) is 5.81. The molecule has 0 saturated heterocycles. The Morgan fingerprint density at radius 3 is 2.84 bits per heavy atom. The number of benzene rings is 2. The van der Waals surface area contributed by atoms with E-state index >= 15 is 0 Å². The van der Waals surface area contributed by atoms with Gasteiger partial charge in [-0.05, 0) is 40.5 Å². The van der Waals surface area contributed by atoms with Crippen molar-refractivity contribution in [3.8, 4) is 11.3 Å². The van der Waals surface area contributed by atoms with Gasteiger partial charge in [-0.25, -0.2) is 4.79 Å². The number of aromatic nitrogens is 1. The van der Waals surface area contributed by atoms with Crippen molar-refractivity contribution >= 4 is 28.3 Å². The third-order valence-electron chi connectivity index (χ3n) is 3.02. The summed E-state index contributed by atoms with van der Waals surface area (Å²) in [7, 11) is 1.39. The van der Waals surface area contributed by atoms with Gasteiger partial charge >= 0.3 is 5.97 Å². The predicted octanol–water partition coefficient (Wildman–Crippen LogP) is 3.75. The quantitative estimate of drug-likeness (QED) is 0.665. The molecule has 3 aromatic rings. The summed E-state index contributed by atoms with van der Waals surface area (Å²) in [6.45, 7) is 0. The fourth-order valence-electron chi connectivity index (χ4n) is 2.10. The zero-order chi connectivity index (χ0) is 13.2. The lowest BCUT2D eigenvalue weighted by molar-refractivity contribution is 0.0601. The average molecular weight is 269 g/mol. The molecule has 1 heterocycles. The summed E-state index contributed by atoms with van der Waals surface area (Å²) in [5.74, 6) is -0.319. The van der Waals surface area contributed by atoms with Crippen LogP contribution < -0.4 is 0 Å². The second kappa shape index (κ2) is 4.82. The van der Waals surface area contributed by atoms with Crippen LogP contribution in [0.25, 0.3) is 22.0 Å². The van der Waals surface area contributed by atoms with Crippen LogP contribution in [0.4, 0.5) is 0 Å². The van der Waals surface area contributed by atoms with Gasteiger partial charge in [0, 0.05) is 10.9 Å². The van der Waals surface area contributed by atoms with E-state index in [0.717, 1.165) is 22.0 Å². The monoisotopic (exact) mass is 269 g/mol. The van der Waals surface area contributed by atoms with E-state index in [9.17, 15) is 4.79 Å². The van der Waals surface area contributed by atoms with Crippen LogP contribution in [0, 0.1) is 0 Å². The number of carbonyl (C=O) groups is 1. The molecule has 1 aromatic heterocycles. The first kappa shape index (κ1) is 11.9. The van der Waals surface area contributed by atoms with Crippen molar-refractivity contribution in [3.05, 3.63) is 53.4 Å². The third-order valence-corrected chi connectivity index (χ3v) is 3.58. The summed E-state index contributed by atoms with van der Waals surface area (Å²) in [5, 5.41) is 4.05. The van der Waals surface area contributed by atoms with Gasteiger partial charge in [0.05, 0.1) is 18.4 Å². The molecule has 0 amide bonds. The van der Waals surface area contributed by atoms with E-state index in [4.69, 9.17) is 4.74 Å². The van der Waals surface area contributed by atoms with Crippen LogP contribution in [-0.2, 0) is 4.74 Å². The molecule has 3 rings (SSSR count). The largest absolute Gasteiger partial charge is 0.465 e.